The minimum Gasteiger partial charge on any atom is -0.493 e. The SMILES string of the molecule is CCOc1c(Cl)cc(CNC2C3CC4CC(C3)CC2C4)cc1OC. The van der Waals surface area contributed by atoms with E-state index in [1.165, 1.54) is 37.7 Å². The van der Waals surface area contributed by atoms with Gasteiger partial charge in [0, 0.05) is 12.6 Å². The van der Waals surface area contributed by atoms with E-state index in [9.17, 15) is 0 Å². The maximum Gasteiger partial charge on any atom is 0.179 e. The second kappa shape index (κ2) is 6.76. The Morgan fingerprint density at radius 2 is 1.75 bits per heavy atom. The summed E-state index contributed by atoms with van der Waals surface area (Å²) in [5, 5.41) is 4.49. The average Bonchev–Trinajstić information content (AvgIpc) is 2.55. The summed E-state index contributed by atoms with van der Waals surface area (Å²) in [6, 6.07) is 4.76. The molecule has 132 valence electrons. The number of halogens is 1. The van der Waals surface area contributed by atoms with Crippen LogP contribution in [0.25, 0.3) is 0 Å². The number of nitrogens with one attached hydrogen (secondary N) is 1. The molecule has 0 radical (unpaired) electrons. The molecular weight excluding hydrogens is 322 g/mol. The highest BCUT2D eigenvalue weighted by Crippen LogP contribution is 2.53. The zero-order chi connectivity index (χ0) is 16.7. The van der Waals surface area contributed by atoms with E-state index in [1.807, 2.05) is 13.0 Å². The van der Waals surface area contributed by atoms with Crippen molar-refractivity contribution >= 4 is 11.6 Å². The summed E-state index contributed by atoms with van der Waals surface area (Å²) in [5.41, 5.74) is 1.18. The van der Waals surface area contributed by atoms with Crippen molar-refractivity contribution in [3.05, 3.63) is 22.7 Å². The third kappa shape index (κ3) is 3.01. The van der Waals surface area contributed by atoms with Gasteiger partial charge in [0.15, 0.2) is 11.5 Å². The predicted octanol–water partition coefficient (Wildman–Crippen LogP) is 4.66. The largest absolute Gasteiger partial charge is 0.493 e. The molecule has 3 nitrogen and oxygen atoms in total. The molecule has 4 aliphatic carbocycles. The monoisotopic (exact) mass is 349 g/mol. The van der Waals surface area contributed by atoms with Crippen LogP contribution in [0.2, 0.25) is 5.02 Å². The average molecular weight is 350 g/mol. The van der Waals surface area contributed by atoms with Gasteiger partial charge >= 0.3 is 0 Å². The molecule has 0 spiro atoms. The van der Waals surface area contributed by atoms with Crippen LogP contribution in [0.1, 0.15) is 44.6 Å². The molecule has 0 atom stereocenters. The first-order valence-electron chi connectivity index (χ1n) is 9.40. The summed E-state index contributed by atoms with van der Waals surface area (Å²) >= 11 is 6.40. The van der Waals surface area contributed by atoms with E-state index >= 15 is 0 Å². The summed E-state index contributed by atoms with van der Waals surface area (Å²) in [7, 11) is 1.67. The molecule has 0 saturated heterocycles. The van der Waals surface area contributed by atoms with Gasteiger partial charge in [-0.1, -0.05) is 11.6 Å². The van der Waals surface area contributed by atoms with Gasteiger partial charge in [0.1, 0.15) is 0 Å². The fourth-order valence-electron chi connectivity index (χ4n) is 5.65. The van der Waals surface area contributed by atoms with E-state index in [1.54, 1.807) is 7.11 Å². The lowest BCUT2D eigenvalue weighted by atomic mass is 9.54. The number of hydrogen-bond acceptors (Lipinski definition) is 3. The number of ether oxygens (including phenoxy) is 2. The van der Waals surface area contributed by atoms with Crippen LogP contribution in [-0.4, -0.2) is 19.8 Å². The van der Waals surface area contributed by atoms with Crippen molar-refractivity contribution in [1.29, 1.82) is 0 Å². The molecule has 0 aromatic heterocycles. The van der Waals surface area contributed by atoms with Crippen molar-refractivity contribution in [2.24, 2.45) is 23.7 Å². The van der Waals surface area contributed by atoms with Gasteiger partial charge in [-0.2, -0.15) is 0 Å². The van der Waals surface area contributed by atoms with Gasteiger partial charge in [0.2, 0.25) is 0 Å². The Morgan fingerprint density at radius 3 is 2.33 bits per heavy atom. The van der Waals surface area contributed by atoms with Crippen molar-refractivity contribution in [2.75, 3.05) is 13.7 Å². The van der Waals surface area contributed by atoms with Crippen LogP contribution in [0.3, 0.4) is 0 Å². The van der Waals surface area contributed by atoms with Gasteiger partial charge in [0.05, 0.1) is 18.7 Å². The highest BCUT2D eigenvalue weighted by Gasteiger charge is 2.47. The minimum atomic E-state index is 0.585. The highest BCUT2D eigenvalue weighted by atomic mass is 35.5. The number of methoxy groups -OCH3 is 1. The predicted molar refractivity (Wildman–Crippen MR) is 96.8 cm³/mol. The van der Waals surface area contributed by atoms with E-state index in [4.69, 9.17) is 21.1 Å². The van der Waals surface area contributed by atoms with Gasteiger partial charge in [-0.25, -0.2) is 0 Å². The number of benzene rings is 1. The molecule has 4 bridgehead atoms. The van der Waals surface area contributed by atoms with Gasteiger partial charge in [0.25, 0.3) is 0 Å². The number of hydrogen-bond donors (Lipinski definition) is 1. The summed E-state index contributed by atoms with van der Waals surface area (Å²) < 4.78 is 11.1. The Kier molecular flexibility index (Phi) is 4.66. The van der Waals surface area contributed by atoms with Crippen LogP contribution in [0.4, 0.5) is 0 Å². The second-order valence-electron chi connectivity index (χ2n) is 7.88. The lowest BCUT2D eigenvalue weighted by Crippen LogP contribution is -2.54. The molecule has 0 amide bonds. The van der Waals surface area contributed by atoms with Crippen molar-refractivity contribution in [1.82, 2.24) is 5.32 Å². The molecule has 4 heteroatoms. The van der Waals surface area contributed by atoms with Gasteiger partial charge in [-0.15, -0.1) is 0 Å². The maximum absolute atomic E-state index is 6.40. The van der Waals surface area contributed by atoms with Crippen LogP contribution >= 0.6 is 11.6 Å². The molecule has 5 rings (SSSR count). The van der Waals surface area contributed by atoms with Gasteiger partial charge in [-0.3, -0.25) is 0 Å². The molecular formula is C20H28ClNO2. The fraction of sp³-hybridized carbons (Fsp3) is 0.700. The lowest BCUT2D eigenvalue weighted by Gasteiger charge is -2.54. The van der Waals surface area contributed by atoms with Crippen molar-refractivity contribution < 1.29 is 9.47 Å². The Bertz CT molecular complexity index is 576. The fourth-order valence-corrected chi connectivity index (χ4v) is 5.94. The van der Waals surface area contributed by atoms with Crippen LogP contribution in [0.5, 0.6) is 11.5 Å². The van der Waals surface area contributed by atoms with Crippen LogP contribution < -0.4 is 14.8 Å². The summed E-state index contributed by atoms with van der Waals surface area (Å²) in [4.78, 5) is 0. The minimum absolute atomic E-state index is 0.585. The third-order valence-electron chi connectivity index (χ3n) is 6.35. The zero-order valence-electron chi connectivity index (χ0n) is 14.7. The summed E-state index contributed by atoms with van der Waals surface area (Å²) in [6.07, 6.45) is 7.28. The molecule has 0 unspecified atom stereocenters. The van der Waals surface area contributed by atoms with Crippen molar-refractivity contribution in [2.45, 2.75) is 51.6 Å². The molecule has 1 aromatic rings. The first kappa shape index (κ1) is 16.5. The van der Waals surface area contributed by atoms with Crippen molar-refractivity contribution in [3.8, 4) is 11.5 Å². The Balaban J connectivity index is 1.45. The zero-order valence-corrected chi connectivity index (χ0v) is 15.4. The summed E-state index contributed by atoms with van der Waals surface area (Å²) in [6.45, 7) is 3.40. The van der Waals surface area contributed by atoms with Crippen LogP contribution in [0, 0.1) is 23.7 Å². The Labute approximate surface area is 150 Å². The molecule has 24 heavy (non-hydrogen) atoms. The molecule has 0 heterocycles. The molecule has 4 fully saturated rings. The van der Waals surface area contributed by atoms with E-state index < -0.39 is 0 Å². The highest BCUT2D eigenvalue weighted by molar-refractivity contribution is 6.32. The van der Waals surface area contributed by atoms with Crippen LogP contribution in [-0.2, 0) is 6.54 Å². The van der Waals surface area contributed by atoms with E-state index in [0.717, 1.165) is 36.0 Å². The first-order chi connectivity index (χ1) is 11.7. The van der Waals surface area contributed by atoms with Crippen molar-refractivity contribution in [3.63, 3.8) is 0 Å². The standard InChI is InChI=1S/C20H28ClNO2/c1-3-24-20-17(21)9-14(10-18(20)23-2)11-22-19-15-5-12-4-13(7-15)8-16(19)6-12/h9-10,12-13,15-16,19,22H,3-8,11H2,1-2H3. The Hall–Kier alpha value is -0.930. The first-order valence-corrected chi connectivity index (χ1v) is 9.78. The molecule has 0 aliphatic heterocycles. The molecule has 4 aliphatic rings. The normalized spacial score (nSPS) is 33.7. The smallest absolute Gasteiger partial charge is 0.179 e. The van der Waals surface area contributed by atoms with Gasteiger partial charge < -0.3 is 14.8 Å². The molecule has 1 aromatic carbocycles. The summed E-state index contributed by atoms with van der Waals surface area (Å²) in [5.74, 6) is 5.20. The topological polar surface area (TPSA) is 30.5 Å². The van der Waals surface area contributed by atoms with Gasteiger partial charge in [-0.05, 0) is 80.4 Å². The second-order valence-corrected chi connectivity index (χ2v) is 8.29. The lowest BCUT2D eigenvalue weighted by molar-refractivity contribution is -0.0142. The third-order valence-corrected chi connectivity index (χ3v) is 6.63. The van der Waals surface area contributed by atoms with Crippen LogP contribution in [0.15, 0.2) is 12.1 Å². The Morgan fingerprint density at radius 1 is 1.08 bits per heavy atom. The molecule has 4 saturated carbocycles. The van der Waals surface area contributed by atoms with E-state index in [-0.39, 0.29) is 0 Å². The van der Waals surface area contributed by atoms with E-state index in [2.05, 4.69) is 11.4 Å². The molecule has 1 N–H and O–H groups in total. The quantitative estimate of drug-likeness (QED) is 0.810. The van der Waals surface area contributed by atoms with E-state index in [0.29, 0.717) is 23.4 Å². The number of rotatable bonds is 6. The maximum atomic E-state index is 6.40.